The van der Waals surface area contributed by atoms with Gasteiger partial charge in [0.25, 0.3) is 10.2 Å². The number of nitrogens with one attached hydrogen (secondary N) is 1. The van der Waals surface area contributed by atoms with Crippen molar-refractivity contribution in [3.05, 3.63) is 0 Å². The van der Waals surface area contributed by atoms with Crippen LogP contribution < -0.4 is 5.73 Å². The second kappa shape index (κ2) is 5.76. The number of morpholine rings is 1. The van der Waals surface area contributed by atoms with Gasteiger partial charge in [0.15, 0.2) is 0 Å². The molecule has 17 heavy (non-hydrogen) atoms. The quantitative estimate of drug-likeness (QED) is 0.502. The van der Waals surface area contributed by atoms with E-state index in [0.29, 0.717) is 19.6 Å². The molecule has 1 aliphatic heterocycles. The van der Waals surface area contributed by atoms with E-state index < -0.39 is 16.3 Å². The molecule has 1 rings (SSSR count). The molecule has 1 fully saturated rings. The summed E-state index contributed by atoms with van der Waals surface area (Å²) in [4.78, 5) is 0. The third-order valence-electron chi connectivity index (χ3n) is 2.73. The molecule has 8 heteroatoms. The number of rotatable bonds is 5. The Balaban J connectivity index is 2.81. The van der Waals surface area contributed by atoms with Gasteiger partial charge >= 0.3 is 0 Å². The van der Waals surface area contributed by atoms with E-state index in [0.717, 1.165) is 0 Å². The molecule has 7 nitrogen and oxygen atoms in total. The molecule has 100 valence electrons. The highest BCUT2D eigenvalue weighted by Gasteiger charge is 2.33. The Morgan fingerprint density at radius 3 is 2.59 bits per heavy atom. The molecule has 1 heterocycles. The summed E-state index contributed by atoms with van der Waals surface area (Å²) in [7, 11) is -3.46. The van der Waals surface area contributed by atoms with Crippen LogP contribution >= 0.6 is 0 Å². The summed E-state index contributed by atoms with van der Waals surface area (Å²) in [6.45, 7) is 5.15. The zero-order chi connectivity index (χ0) is 13.1. The van der Waals surface area contributed by atoms with Gasteiger partial charge < -0.3 is 10.5 Å². The highest BCUT2D eigenvalue weighted by Crippen LogP contribution is 2.13. The van der Waals surface area contributed by atoms with Crippen LogP contribution in [0.5, 0.6) is 0 Å². The van der Waals surface area contributed by atoms with Gasteiger partial charge in [-0.3, -0.25) is 5.41 Å². The number of nitrogens with two attached hydrogens (primary N) is 1. The first-order chi connectivity index (χ1) is 7.93. The largest absolute Gasteiger partial charge is 0.385 e. The van der Waals surface area contributed by atoms with Gasteiger partial charge in [-0.05, 0) is 0 Å². The molecule has 0 aliphatic carbocycles. The lowest BCUT2D eigenvalue weighted by molar-refractivity contribution is 0.0347. The van der Waals surface area contributed by atoms with Crippen molar-refractivity contribution in [3.63, 3.8) is 0 Å². The van der Waals surface area contributed by atoms with Gasteiger partial charge in [-0.15, -0.1) is 0 Å². The van der Waals surface area contributed by atoms with Crippen molar-refractivity contribution in [3.8, 4) is 0 Å². The standard InChI is InChI=1S/C9H20N4O3S/c1-3-12(4-2)17(14,15)13-5-6-16-8(7-13)9(10)11/h8H,3-7H2,1-2H3,(H3,10,11). The first-order valence-electron chi connectivity index (χ1n) is 5.64. The molecule has 1 saturated heterocycles. The Labute approximate surface area is 102 Å². The van der Waals surface area contributed by atoms with Gasteiger partial charge in [0.1, 0.15) is 11.9 Å². The molecule has 0 spiro atoms. The average Bonchev–Trinajstić information content (AvgIpc) is 2.30. The Morgan fingerprint density at radius 2 is 2.12 bits per heavy atom. The zero-order valence-corrected chi connectivity index (χ0v) is 11.0. The maximum absolute atomic E-state index is 12.2. The minimum atomic E-state index is -3.46. The Bertz CT molecular complexity index is 366. The van der Waals surface area contributed by atoms with Gasteiger partial charge in [-0.2, -0.15) is 17.0 Å². The maximum atomic E-state index is 12.2. The average molecular weight is 264 g/mol. The molecule has 0 saturated carbocycles. The molecule has 1 aliphatic rings. The fourth-order valence-corrected chi connectivity index (χ4v) is 3.34. The van der Waals surface area contributed by atoms with E-state index in [-0.39, 0.29) is 19.0 Å². The fourth-order valence-electron chi connectivity index (χ4n) is 1.74. The van der Waals surface area contributed by atoms with Crippen molar-refractivity contribution in [2.75, 3.05) is 32.8 Å². The predicted octanol–water partition coefficient (Wildman–Crippen LogP) is -0.790. The van der Waals surface area contributed by atoms with Gasteiger partial charge in [0.2, 0.25) is 0 Å². The molecule has 0 aromatic heterocycles. The van der Waals surface area contributed by atoms with E-state index in [1.807, 2.05) is 0 Å². The lowest BCUT2D eigenvalue weighted by Gasteiger charge is -2.34. The van der Waals surface area contributed by atoms with Crippen molar-refractivity contribution in [1.82, 2.24) is 8.61 Å². The van der Waals surface area contributed by atoms with Crippen LogP contribution in [0.1, 0.15) is 13.8 Å². The molecule has 0 bridgehead atoms. The molecule has 0 aromatic rings. The van der Waals surface area contributed by atoms with Crippen molar-refractivity contribution >= 4 is 16.0 Å². The third kappa shape index (κ3) is 3.15. The lowest BCUT2D eigenvalue weighted by atomic mass is 10.3. The lowest BCUT2D eigenvalue weighted by Crippen LogP contribution is -2.54. The fraction of sp³-hybridized carbons (Fsp3) is 0.889. The second-order valence-corrected chi connectivity index (χ2v) is 5.69. The summed E-state index contributed by atoms with van der Waals surface area (Å²) in [6, 6.07) is 0. The summed E-state index contributed by atoms with van der Waals surface area (Å²) in [5.41, 5.74) is 5.34. The summed E-state index contributed by atoms with van der Waals surface area (Å²) >= 11 is 0. The minimum Gasteiger partial charge on any atom is -0.385 e. The third-order valence-corrected chi connectivity index (χ3v) is 4.89. The number of ether oxygens (including phenoxy) is 1. The summed E-state index contributed by atoms with van der Waals surface area (Å²) < 4.78 is 32.4. The van der Waals surface area contributed by atoms with Crippen molar-refractivity contribution < 1.29 is 13.2 Å². The van der Waals surface area contributed by atoms with E-state index in [2.05, 4.69) is 0 Å². The van der Waals surface area contributed by atoms with Crippen LogP contribution in [0.15, 0.2) is 0 Å². The molecule has 0 aromatic carbocycles. The Morgan fingerprint density at radius 1 is 1.53 bits per heavy atom. The monoisotopic (exact) mass is 264 g/mol. The molecule has 0 amide bonds. The highest BCUT2D eigenvalue weighted by atomic mass is 32.2. The Kier molecular flexibility index (Phi) is 4.87. The Hall–Kier alpha value is -0.700. The molecular weight excluding hydrogens is 244 g/mol. The van der Waals surface area contributed by atoms with E-state index in [1.165, 1.54) is 8.61 Å². The predicted molar refractivity (Wildman–Crippen MR) is 65.1 cm³/mol. The van der Waals surface area contributed by atoms with Crippen LogP contribution in [0.25, 0.3) is 0 Å². The van der Waals surface area contributed by atoms with E-state index in [4.69, 9.17) is 15.9 Å². The summed E-state index contributed by atoms with van der Waals surface area (Å²) in [5, 5.41) is 7.30. The molecular formula is C9H20N4O3S. The van der Waals surface area contributed by atoms with E-state index in [1.54, 1.807) is 13.8 Å². The number of hydrogen-bond acceptors (Lipinski definition) is 4. The molecule has 1 atom stereocenters. The summed E-state index contributed by atoms with van der Waals surface area (Å²) in [5.74, 6) is -0.135. The summed E-state index contributed by atoms with van der Waals surface area (Å²) in [6.07, 6.45) is -0.630. The first kappa shape index (κ1) is 14.4. The van der Waals surface area contributed by atoms with Crippen LogP contribution in [0, 0.1) is 5.41 Å². The van der Waals surface area contributed by atoms with Crippen LogP contribution in [0.2, 0.25) is 0 Å². The molecule has 1 unspecified atom stereocenters. The first-order valence-corrected chi connectivity index (χ1v) is 7.03. The molecule has 3 N–H and O–H groups in total. The van der Waals surface area contributed by atoms with Gasteiger partial charge in [-0.25, -0.2) is 0 Å². The topological polar surface area (TPSA) is 99.7 Å². The zero-order valence-electron chi connectivity index (χ0n) is 10.2. The van der Waals surface area contributed by atoms with Crippen molar-refractivity contribution in [1.29, 1.82) is 5.41 Å². The van der Waals surface area contributed by atoms with E-state index in [9.17, 15) is 8.42 Å². The van der Waals surface area contributed by atoms with Crippen LogP contribution in [-0.4, -0.2) is 61.8 Å². The normalized spacial score (nSPS) is 22.9. The van der Waals surface area contributed by atoms with E-state index >= 15 is 0 Å². The van der Waals surface area contributed by atoms with Crippen molar-refractivity contribution in [2.24, 2.45) is 5.73 Å². The minimum absolute atomic E-state index is 0.119. The SMILES string of the molecule is CCN(CC)S(=O)(=O)N1CCOC(C(=N)N)C1. The highest BCUT2D eigenvalue weighted by molar-refractivity contribution is 7.86. The van der Waals surface area contributed by atoms with Gasteiger partial charge in [0.05, 0.1) is 6.61 Å². The van der Waals surface area contributed by atoms with Crippen LogP contribution in [0.4, 0.5) is 0 Å². The van der Waals surface area contributed by atoms with Crippen LogP contribution in [0.3, 0.4) is 0 Å². The maximum Gasteiger partial charge on any atom is 0.282 e. The van der Waals surface area contributed by atoms with Crippen LogP contribution in [-0.2, 0) is 14.9 Å². The van der Waals surface area contributed by atoms with Gasteiger partial charge in [0, 0.05) is 26.2 Å². The molecule has 0 radical (unpaired) electrons. The number of amidine groups is 1. The van der Waals surface area contributed by atoms with Crippen molar-refractivity contribution in [2.45, 2.75) is 20.0 Å². The number of hydrogen-bond donors (Lipinski definition) is 2. The smallest absolute Gasteiger partial charge is 0.282 e. The van der Waals surface area contributed by atoms with Gasteiger partial charge in [-0.1, -0.05) is 13.8 Å². The second-order valence-electron chi connectivity index (χ2n) is 3.76. The number of nitrogens with zero attached hydrogens (tertiary/aromatic N) is 2.